The fourth-order valence-electron chi connectivity index (χ4n) is 2.69. The van der Waals surface area contributed by atoms with Gasteiger partial charge in [-0.1, -0.05) is 6.42 Å². The van der Waals surface area contributed by atoms with Crippen LogP contribution in [0.3, 0.4) is 0 Å². The summed E-state index contributed by atoms with van der Waals surface area (Å²) in [6, 6.07) is 0.619. The normalized spacial score (nSPS) is 30.7. The van der Waals surface area contributed by atoms with Crippen LogP contribution in [0, 0.1) is 0 Å². The summed E-state index contributed by atoms with van der Waals surface area (Å²) in [5.41, 5.74) is 5.51. The van der Waals surface area contributed by atoms with E-state index >= 15 is 0 Å². The molecule has 0 aromatic heterocycles. The van der Waals surface area contributed by atoms with Crippen molar-refractivity contribution in [2.75, 3.05) is 33.2 Å². The van der Waals surface area contributed by atoms with E-state index in [2.05, 4.69) is 11.9 Å². The Morgan fingerprint density at radius 2 is 2.29 bits per heavy atom. The number of rotatable bonds is 4. The van der Waals surface area contributed by atoms with Crippen molar-refractivity contribution >= 4 is 6.09 Å². The van der Waals surface area contributed by atoms with E-state index in [9.17, 15) is 4.79 Å². The molecule has 2 atom stereocenters. The molecule has 2 aliphatic rings. The van der Waals surface area contributed by atoms with Crippen LogP contribution in [0.4, 0.5) is 4.79 Å². The number of cyclic esters (lactones) is 1. The Labute approximate surface area is 103 Å². The number of likely N-dealkylation sites (tertiary alicyclic amines) is 1. The summed E-state index contributed by atoms with van der Waals surface area (Å²) in [5, 5.41) is 0. The molecule has 2 N–H and O–H groups in total. The van der Waals surface area contributed by atoms with Gasteiger partial charge in [0.2, 0.25) is 0 Å². The number of carbonyl (C=O) groups excluding carboxylic acids is 1. The molecule has 2 rings (SSSR count). The summed E-state index contributed by atoms with van der Waals surface area (Å²) >= 11 is 0. The lowest BCUT2D eigenvalue weighted by molar-refractivity contribution is 0.130. The van der Waals surface area contributed by atoms with Crippen molar-refractivity contribution in [3.63, 3.8) is 0 Å². The highest BCUT2D eigenvalue weighted by atomic mass is 16.6. The predicted octanol–water partition coefficient (Wildman–Crippen LogP) is 0.640. The third kappa shape index (κ3) is 3.10. The monoisotopic (exact) mass is 241 g/mol. The molecule has 2 fully saturated rings. The summed E-state index contributed by atoms with van der Waals surface area (Å²) < 4.78 is 5.14. The maximum atomic E-state index is 11.5. The van der Waals surface area contributed by atoms with E-state index < -0.39 is 0 Å². The van der Waals surface area contributed by atoms with Crippen molar-refractivity contribution in [3.8, 4) is 0 Å². The second kappa shape index (κ2) is 5.69. The average molecular weight is 241 g/mol. The number of nitrogens with two attached hydrogens (primary N) is 1. The summed E-state index contributed by atoms with van der Waals surface area (Å²) in [7, 11) is 2.18. The number of ether oxygens (including phenoxy) is 1. The maximum absolute atomic E-state index is 11.5. The van der Waals surface area contributed by atoms with Crippen LogP contribution in [0.2, 0.25) is 0 Å². The fraction of sp³-hybridized carbons (Fsp3) is 0.917. The lowest BCUT2D eigenvalue weighted by Crippen LogP contribution is -2.39. The molecule has 2 saturated heterocycles. The van der Waals surface area contributed by atoms with E-state index in [1.165, 1.54) is 25.8 Å². The van der Waals surface area contributed by atoms with Gasteiger partial charge in [-0.25, -0.2) is 4.79 Å². The molecule has 0 aliphatic carbocycles. The van der Waals surface area contributed by atoms with Crippen molar-refractivity contribution in [2.45, 2.75) is 37.8 Å². The SMILES string of the molecule is CN1CCCCC1CCN1CC(CN)OC1=O. The molecule has 1 amide bonds. The smallest absolute Gasteiger partial charge is 0.410 e. The summed E-state index contributed by atoms with van der Waals surface area (Å²) in [5.74, 6) is 0. The highest BCUT2D eigenvalue weighted by Gasteiger charge is 2.30. The molecule has 0 aromatic carbocycles. The molecular formula is C12H23N3O2. The Morgan fingerprint density at radius 1 is 1.47 bits per heavy atom. The van der Waals surface area contributed by atoms with Gasteiger partial charge in [-0.15, -0.1) is 0 Å². The lowest BCUT2D eigenvalue weighted by atomic mass is 10.00. The van der Waals surface area contributed by atoms with Crippen LogP contribution in [-0.4, -0.2) is 61.3 Å². The van der Waals surface area contributed by atoms with E-state index in [1.807, 2.05) is 0 Å². The largest absolute Gasteiger partial charge is 0.443 e. The first kappa shape index (κ1) is 12.6. The third-order valence-electron chi connectivity index (χ3n) is 3.87. The predicted molar refractivity (Wildman–Crippen MR) is 65.8 cm³/mol. The number of amides is 1. The van der Waals surface area contributed by atoms with Gasteiger partial charge in [-0.05, 0) is 32.9 Å². The van der Waals surface area contributed by atoms with Crippen LogP contribution in [0.25, 0.3) is 0 Å². The second-order valence-corrected chi connectivity index (χ2v) is 5.11. The first-order chi connectivity index (χ1) is 8.20. The van der Waals surface area contributed by atoms with Crippen LogP contribution >= 0.6 is 0 Å². The molecule has 0 bridgehead atoms. The van der Waals surface area contributed by atoms with E-state index in [-0.39, 0.29) is 12.2 Å². The van der Waals surface area contributed by atoms with Gasteiger partial charge in [0.1, 0.15) is 6.10 Å². The molecule has 0 radical (unpaired) electrons. The van der Waals surface area contributed by atoms with E-state index in [0.29, 0.717) is 19.1 Å². The standard InChI is InChI=1S/C12H23N3O2/c1-14-6-3-2-4-10(14)5-7-15-9-11(8-13)17-12(15)16/h10-11H,2-9,13H2,1H3. The van der Waals surface area contributed by atoms with Gasteiger partial charge in [0.05, 0.1) is 6.54 Å². The zero-order valence-corrected chi connectivity index (χ0v) is 10.6. The highest BCUT2D eigenvalue weighted by Crippen LogP contribution is 2.19. The van der Waals surface area contributed by atoms with E-state index in [1.54, 1.807) is 4.90 Å². The Hall–Kier alpha value is -0.810. The highest BCUT2D eigenvalue weighted by molar-refractivity contribution is 5.69. The molecule has 0 aromatic rings. The number of hydrogen-bond donors (Lipinski definition) is 1. The van der Waals surface area contributed by atoms with Crippen molar-refractivity contribution in [2.24, 2.45) is 5.73 Å². The lowest BCUT2D eigenvalue weighted by Gasteiger charge is -2.33. The molecule has 2 aliphatic heterocycles. The second-order valence-electron chi connectivity index (χ2n) is 5.11. The van der Waals surface area contributed by atoms with E-state index in [4.69, 9.17) is 10.5 Å². The quantitative estimate of drug-likeness (QED) is 0.784. The van der Waals surface area contributed by atoms with Crippen LogP contribution < -0.4 is 5.73 Å². The van der Waals surface area contributed by atoms with Gasteiger partial charge < -0.3 is 20.3 Å². The average Bonchev–Trinajstić information content (AvgIpc) is 2.69. The molecule has 0 spiro atoms. The van der Waals surface area contributed by atoms with Crippen LogP contribution in [0.5, 0.6) is 0 Å². The minimum absolute atomic E-state index is 0.105. The molecule has 0 saturated carbocycles. The van der Waals surface area contributed by atoms with Gasteiger partial charge in [-0.2, -0.15) is 0 Å². The molecule has 98 valence electrons. The van der Waals surface area contributed by atoms with Crippen molar-refractivity contribution in [1.82, 2.24) is 9.80 Å². The number of carbonyl (C=O) groups is 1. The molecule has 5 nitrogen and oxygen atoms in total. The first-order valence-corrected chi connectivity index (χ1v) is 6.56. The number of piperidine rings is 1. The van der Waals surface area contributed by atoms with Crippen LogP contribution in [-0.2, 0) is 4.74 Å². The zero-order chi connectivity index (χ0) is 12.3. The van der Waals surface area contributed by atoms with Crippen molar-refractivity contribution < 1.29 is 9.53 Å². The zero-order valence-electron chi connectivity index (χ0n) is 10.6. The maximum Gasteiger partial charge on any atom is 0.410 e. The van der Waals surface area contributed by atoms with Crippen molar-refractivity contribution in [1.29, 1.82) is 0 Å². The Bertz CT molecular complexity index is 272. The molecule has 2 heterocycles. The molecule has 5 heteroatoms. The minimum atomic E-state index is -0.195. The van der Waals surface area contributed by atoms with Crippen LogP contribution in [0.1, 0.15) is 25.7 Å². The molecular weight excluding hydrogens is 218 g/mol. The minimum Gasteiger partial charge on any atom is -0.443 e. The topological polar surface area (TPSA) is 58.8 Å². The Balaban J connectivity index is 1.76. The van der Waals surface area contributed by atoms with Gasteiger partial charge in [0.25, 0.3) is 0 Å². The fourth-order valence-corrected chi connectivity index (χ4v) is 2.69. The third-order valence-corrected chi connectivity index (χ3v) is 3.87. The number of nitrogens with zero attached hydrogens (tertiary/aromatic N) is 2. The molecule has 2 unspecified atom stereocenters. The summed E-state index contributed by atoms with van der Waals surface area (Å²) in [6.07, 6.45) is 4.60. The first-order valence-electron chi connectivity index (χ1n) is 6.56. The van der Waals surface area contributed by atoms with Gasteiger partial charge in [0, 0.05) is 19.1 Å². The van der Waals surface area contributed by atoms with Gasteiger partial charge >= 0.3 is 6.09 Å². The van der Waals surface area contributed by atoms with Crippen molar-refractivity contribution in [3.05, 3.63) is 0 Å². The summed E-state index contributed by atoms with van der Waals surface area (Å²) in [6.45, 7) is 3.06. The van der Waals surface area contributed by atoms with Gasteiger partial charge in [-0.3, -0.25) is 0 Å². The Kier molecular flexibility index (Phi) is 4.23. The summed E-state index contributed by atoms with van der Waals surface area (Å²) in [4.78, 5) is 15.7. The van der Waals surface area contributed by atoms with Crippen LogP contribution in [0.15, 0.2) is 0 Å². The van der Waals surface area contributed by atoms with Gasteiger partial charge in [0.15, 0.2) is 0 Å². The Morgan fingerprint density at radius 3 is 2.94 bits per heavy atom. The molecule has 17 heavy (non-hydrogen) atoms. The van der Waals surface area contributed by atoms with E-state index in [0.717, 1.165) is 13.0 Å². The number of hydrogen-bond acceptors (Lipinski definition) is 4.